The molecule has 1 aromatic heterocycles. The van der Waals surface area contributed by atoms with Crippen LogP contribution in [0.15, 0.2) is 5.38 Å². The Labute approximate surface area is 75.4 Å². The van der Waals surface area contributed by atoms with E-state index in [1.54, 1.807) is 12.3 Å². The van der Waals surface area contributed by atoms with Gasteiger partial charge in [-0.2, -0.15) is 0 Å². The van der Waals surface area contributed by atoms with Gasteiger partial charge in [-0.15, -0.1) is 11.3 Å². The highest BCUT2D eigenvalue weighted by atomic mass is 32.2. The average molecular weight is 206 g/mol. The monoisotopic (exact) mass is 206 g/mol. The summed E-state index contributed by atoms with van der Waals surface area (Å²) in [5.41, 5.74) is 5.90. The number of sulfone groups is 1. The Morgan fingerprint density at radius 1 is 1.67 bits per heavy atom. The number of aromatic nitrogens is 1. The van der Waals surface area contributed by atoms with Crippen molar-refractivity contribution < 1.29 is 8.42 Å². The quantitative estimate of drug-likeness (QED) is 0.778. The molecule has 0 saturated heterocycles. The molecule has 1 atom stereocenters. The molecule has 1 unspecified atom stereocenters. The predicted molar refractivity (Wildman–Crippen MR) is 49.8 cm³/mol. The Bertz CT molecular complexity index is 369. The fourth-order valence-corrected chi connectivity index (χ4v) is 2.01. The van der Waals surface area contributed by atoms with E-state index >= 15 is 0 Å². The first-order valence-electron chi connectivity index (χ1n) is 3.31. The van der Waals surface area contributed by atoms with E-state index in [1.807, 2.05) is 0 Å². The van der Waals surface area contributed by atoms with Crippen molar-refractivity contribution in [3.63, 3.8) is 0 Å². The van der Waals surface area contributed by atoms with Gasteiger partial charge in [-0.05, 0) is 6.92 Å². The zero-order valence-corrected chi connectivity index (χ0v) is 8.45. The molecule has 12 heavy (non-hydrogen) atoms. The number of thiazole rings is 1. The molecule has 0 spiro atoms. The van der Waals surface area contributed by atoms with Gasteiger partial charge in [-0.3, -0.25) is 0 Å². The Kier molecular flexibility index (Phi) is 2.39. The zero-order valence-electron chi connectivity index (χ0n) is 6.81. The molecule has 0 amide bonds. The van der Waals surface area contributed by atoms with Crippen molar-refractivity contribution in [1.82, 2.24) is 4.98 Å². The van der Waals surface area contributed by atoms with E-state index in [1.165, 1.54) is 17.6 Å². The number of nitrogen functional groups attached to an aromatic ring is 1. The Hall–Kier alpha value is -0.620. The highest BCUT2D eigenvalue weighted by molar-refractivity contribution is 7.90. The van der Waals surface area contributed by atoms with Crippen molar-refractivity contribution in [3.8, 4) is 0 Å². The van der Waals surface area contributed by atoms with Gasteiger partial charge in [0.15, 0.2) is 15.0 Å². The maximum Gasteiger partial charge on any atom is 0.180 e. The van der Waals surface area contributed by atoms with Crippen LogP contribution in [0.25, 0.3) is 0 Å². The van der Waals surface area contributed by atoms with Gasteiger partial charge in [0.25, 0.3) is 0 Å². The third-order valence-electron chi connectivity index (χ3n) is 1.60. The standard InChI is InChI=1S/C6H10N2O2S2/c1-4(12(2,9)10)5-3-11-6(7)8-5/h3-4H,1-2H3,(H2,7,8). The van der Waals surface area contributed by atoms with Crippen molar-refractivity contribution >= 4 is 26.3 Å². The fourth-order valence-electron chi connectivity index (χ4n) is 0.707. The van der Waals surface area contributed by atoms with Crippen LogP contribution >= 0.6 is 11.3 Å². The molecule has 6 heteroatoms. The fraction of sp³-hybridized carbons (Fsp3) is 0.500. The normalized spacial score (nSPS) is 14.5. The minimum absolute atomic E-state index is 0.403. The summed E-state index contributed by atoms with van der Waals surface area (Å²) in [5, 5.41) is 1.51. The molecular formula is C6H10N2O2S2. The van der Waals surface area contributed by atoms with Crippen LogP contribution in [-0.2, 0) is 9.84 Å². The molecule has 0 bridgehead atoms. The van der Waals surface area contributed by atoms with E-state index in [4.69, 9.17) is 5.73 Å². The van der Waals surface area contributed by atoms with Gasteiger partial charge < -0.3 is 5.73 Å². The van der Waals surface area contributed by atoms with E-state index in [2.05, 4.69) is 4.98 Å². The summed E-state index contributed by atoms with van der Waals surface area (Å²) in [4.78, 5) is 3.89. The zero-order chi connectivity index (χ0) is 9.35. The average Bonchev–Trinajstić information content (AvgIpc) is 2.32. The molecule has 4 nitrogen and oxygen atoms in total. The van der Waals surface area contributed by atoms with Crippen molar-refractivity contribution in [2.24, 2.45) is 0 Å². The topological polar surface area (TPSA) is 73.0 Å². The van der Waals surface area contributed by atoms with Crippen molar-refractivity contribution in [2.45, 2.75) is 12.2 Å². The van der Waals surface area contributed by atoms with Crippen LogP contribution in [0, 0.1) is 0 Å². The van der Waals surface area contributed by atoms with Crippen molar-refractivity contribution in [1.29, 1.82) is 0 Å². The van der Waals surface area contributed by atoms with Gasteiger partial charge in [0.1, 0.15) is 5.25 Å². The Morgan fingerprint density at radius 2 is 2.25 bits per heavy atom. The lowest BCUT2D eigenvalue weighted by Gasteiger charge is -2.03. The molecule has 0 fully saturated rings. The van der Waals surface area contributed by atoms with Crippen LogP contribution in [-0.4, -0.2) is 19.7 Å². The predicted octanol–water partition coefficient (Wildman–Crippen LogP) is 0.831. The summed E-state index contributed by atoms with van der Waals surface area (Å²) < 4.78 is 22.1. The van der Waals surface area contributed by atoms with Gasteiger partial charge in [-0.25, -0.2) is 13.4 Å². The van der Waals surface area contributed by atoms with Gasteiger partial charge in [0.05, 0.1) is 5.69 Å². The third kappa shape index (κ3) is 1.95. The lowest BCUT2D eigenvalue weighted by atomic mass is 10.4. The van der Waals surface area contributed by atoms with Gasteiger partial charge in [0, 0.05) is 11.6 Å². The molecule has 0 radical (unpaired) electrons. The number of nitrogens with two attached hydrogens (primary N) is 1. The smallest absolute Gasteiger partial charge is 0.180 e. The summed E-state index contributed by atoms with van der Waals surface area (Å²) in [6.45, 7) is 1.60. The van der Waals surface area contributed by atoms with Crippen molar-refractivity contribution in [2.75, 3.05) is 12.0 Å². The molecule has 2 N–H and O–H groups in total. The molecule has 1 heterocycles. The summed E-state index contributed by atoms with van der Waals surface area (Å²) >= 11 is 1.25. The molecule has 1 rings (SSSR count). The molecule has 1 aromatic rings. The van der Waals surface area contributed by atoms with Crippen LogP contribution in [0.1, 0.15) is 17.9 Å². The second kappa shape index (κ2) is 3.02. The lowest BCUT2D eigenvalue weighted by Crippen LogP contribution is -2.07. The highest BCUT2D eigenvalue weighted by Gasteiger charge is 2.19. The second-order valence-corrected chi connectivity index (χ2v) is 5.84. The number of hydrogen-bond donors (Lipinski definition) is 1. The first-order valence-corrected chi connectivity index (χ1v) is 6.14. The lowest BCUT2D eigenvalue weighted by molar-refractivity contribution is 0.591. The summed E-state index contributed by atoms with van der Waals surface area (Å²) in [7, 11) is -3.05. The molecular weight excluding hydrogens is 196 g/mol. The van der Waals surface area contributed by atoms with E-state index in [-0.39, 0.29) is 0 Å². The summed E-state index contributed by atoms with van der Waals surface area (Å²) in [6, 6.07) is 0. The van der Waals surface area contributed by atoms with Gasteiger partial charge in [-0.1, -0.05) is 0 Å². The van der Waals surface area contributed by atoms with Crippen LogP contribution < -0.4 is 5.73 Å². The first kappa shape index (κ1) is 9.47. The van der Waals surface area contributed by atoms with Crippen LogP contribution in [0.2, 0.25) is 0 Å². The maximum atomic E-state index is 11.1. The van der Waals surface area contributed by atoms with Crippen LogP contribution in [0.3, 0.4) is 0 Å². The van der Waals surface area contributed by atoms with Gasteiger partial charge in [0.2, 0.25) is 0 Å². The number of rotatable bonds is 2. The molecule has 0 aromatic carbocycles. The van der Waals surface area contributed by atoms with Gasteiger partial charge >= 0.3 is 0 Å². The number of anilines is 1. The van der Waals surface area contributed by atoms with Crippen LogP contribution in [0.5, 0.6) is 0 Å². The van der Waals surface area contributed by atoms with E-state index in [0.29, 0.717) is 10.8 Å². The number of hydrogen-bond acceptors (Lipinski definition) is 5. The van der Waals surface area contributed by atoms with E-state index in [0.717, 1.165) is 0 Å². The molecule has 0 aliphatic rings. The molecule has 0 aliphatic carbocycles. The minimum atomic E-state index is -3.05. The highest BCUT2D eigenvalue weighted by Crippen LogP contribution is 2.23. The Morgan fingerprint density at radius 3 is 2.58 bits per heavy atom. The second-order valence-electron chi connectivity index (χ2n) is 2.58. The first-order chi connectivity index (χ1) is 5.41. The Balaban J connectivity index is 3.01. The maximum absolute atomic E-state index is 11.1. The number of nitrogens with zero attached hydrogens (tertiary/aromatic N) is 1. The molecule has 0 aliphatic heterocycles. The van der Waals surface area contributed by atoms with E-state index in [9.17, 15) is 8.42 Å². The largest absolute Gasteiger partial charge is 0.375 e. The summed E-state index contributed by atoms with van der Waals surface area (Å²) in [6.07, 6.45) is 1.19. The van der Waals surface area contributed by atoms with Crippen molar-refractivity contribution in [3.05, 3.63) is 11.1 Å². The SMILES string of the molecule is CC(c1csc(N)n1)S(C)(=O)=O. The van der Waals surface area contributed by atoms with Crippen LogP contribution in [0.4, 0.5) is 5.13 Å². The third-order valence-corrected chi connectivity index (χ3v) is 3.82. The summed E-state index contributed by atoms with van der Waals surface area (Å²) in [5.74, 6) is 0. The molecule has 68 valence electrons. The van der Waals surface area contributed by atoms with E-state index < -0.39 is 15.1 Å². The molecule has 0 saturated carbocycles. The minimum Gasteiger partial charge on any atom is -0.375 e.